The van der Waals surface area contributed by atoms with Crippen molar-refractivity contribution in [2.24, 2.45) is 0 Å². The Morgan fingerprint density at radius 2 is 2.00 bits per heavy atom. The summed E-state index contributed by atoms with van der Waals surface area (Å²) in [4.78, 5) is 22.3. The zero-order chi connectivity index (χ0) is 13.1. The van der Waals surface area contributed by atoms with E-state index in [1.807, 2.05) is 0 Å². The minimum Gasteiger partial charge on any atom is -0.479 e. The molecule has 3 N–H and O–H groups in total. The van der Waals surface area contributed by atoms with Crippen molar-refractivity contribution < 1.29 is 19.8 Å². The Labute approximate surface area is 107 Å². The summed E-state index contributed by atoms with van der Waals surface area (Å²) in [6.45, 7) is 0.762. The van der Waals surface area contributed by atoms with E-state index in [4.69, 9.17) is 5.11 Å². The van der Waals surface area contributed by atoms with Gasteiger partial charge in [-0.1, -0.05) is 12.1 Å². The lowest BCUT2D eigenvalue weighted by molar-refractivity contribution is -0.155. The van der Waals surface area contributed by atoms with Crippen molar-refractivity contribution >= 4 is 27.8 Å². The van der Waals surface area contributed by atoms with Crippen LogP contribution in [0.5, 0.6) is 0 Å². The van der Waals surface area contributed by atoms with Gasteiger partial charge in [-0.3, -0.25) is 4.79 Å². The molecule has 1 unspecified atom stereocenters. The zero-order valence-electron chi connectivity index (χ0n) is 9.11. The molecule has 17 heavy (non-hydrogen) atoms. The van der Waals surface area contributed by atoms with Crippen LogP contribution in [0.4, 0.5) is 0 Å². The minimum absolute atomic E-state index is 0.359. The van der Waals surface area contributed by atoms with Crippen LogP contribution in [0.1, 0.15) is 17.3 Å². The van der Waals surface area contributed by atoms with Crippen LogP contribution in [0.2, 0.25) is 0 Å². The highest BCUT2D eigenvalue weighted by molar-refractivity contribution is 9.10. The smallest absolute Gasteiger partial charge is 0.337 e. The van der Waals surface area contributed by atoms with Crippen LogP contribution in [0.15, 0.2) is 28.7 Å². The molecule has 1 amide bonds. The van der Waals surface area contributed by atoms with Gasteiger partial charge in [0.25, 0.3) is 5.91 Å². The lowest BCUT2D eigenvalue weighted by Gasteiger charge is -2.18. The third kappa shape index (κ3) is 3.54. The van der Waals surface area contributed by atoms with E-state index < -0.39 is 17.5 Å². The molecule has 6 heteroatoms. The van der Waals surface area contributed by atoms with Crippen molar-refractivity contribution in [3.8, 4) is 0 Å². The number of aliphatic carboxylic acids is 1. The fraction of sp³-hybridized carbons (Fsp3) is 0.273. The van der Waals surface area contributed by atoms with Gasteiger partial charge in [-0.05, 0) is 35.0 Å². The first-order chi connectivity index (χ1) is 7.84. The maximum absolute atomic E-state index is 11.7. The van der Waals surface area contributed by atoms with E-state index in [0.717, 1.165) is 6.92 Å². The van der Waals surface area contributed by atoms with Gasteiger partial charge in [0.15, 0.2) is 5.60 Å². The largest absolute Gasteiger partial charge is 0.479 e. The molecule has 0 aliphatic rings. The highest BCUT2D eigenvalue weighted by Gasteiger charge is 2.30. The molecule has 5 nitrogen and oxygen atoms in total. The van der Waals surface area contributed by atoms with Crippen LogP contribution in [-0.2, 0) is 4.79 Å². The first kappa shape index (κ1) is 13.7. The molecule has 1 rings (SSSR count). The molecule has 0 saturated carbocycles. The molecule has 0 fully saturated rings. The molecule has 0 spiro atoms. The molecule has 0 heterocycles. The fourth-order valence-electron chi connectivity index (χ4n) is 1.07. The van der Waals surface area contributed by atoms with Crippen LogP contribution >= 0.6 is 15.9 Å². The Hall–Kier alpha value is -1.40. The Balaban J connectivity index is 2.69. The number of carbonyl (C=O) groups excluding carboxylic acids is 1. The van der Waals surface area contributed by atoms with E-state index in [1.165, 1.54) is 0 Å². The standard InChI is InChI=1S/C11H12BrNO4/c1-11(17,10(15)16)6-13-9(14)7-4-2-3-5-8(7)12/h2-5,17H,6H2,1H3,(H,13,14)(H,15,16). The number of benzene rings is 1. The summed E-state index contributed by atoms with van der Waals surface area (Å²) in [5.74, 6) is -1.83. The summed E-state index contributed by atoms with van der Waals surface area (Å²) in [5, 5.41) is 20.5. The first-order valence-corrected chi connectivity index (χ1v) is 5.62. The van der Waals surface area contributed by atoms with Crippen LogP contribution in [0.3, 0.4) is 0 Å². The normalized spacial score (nSPS) is 13.8. The van der Waals surface area contributed by atoms with Gasteiger partial charge in [-0.25, -0.2) is 4.79 Å². The minimum atomic E-state index is -1.98. The van der Waals surface area contributed by atoms with Gasteiger partial charge >= 0.3 is 5.97 Å². The number of nitrogens with one attached hydrogen (secondary N) is 1. The summed E-state index contributed by atoms with van der Waals surface area (Å²) in [6, 6.07) is 6.74. The predicted molar refractivity (Wildman–Crippen MR) is 64.7 cm³/mol. The molecule has 0 aliphatic heterocycles. The van der Waals surface area contributed by atoms with E-state index in [-0.39, 0.29) is 6.54 Å². The molecule has 92 valence electrons. The Morgan fingerprint density at radius 1 is 1.41 bits per heavy atom. The number of halogens is 1. The van der Waals surface area contributed by atoms with Gasteiger partial charge in [0.05, 0.1) is 12.1 Å². The van der Waals surface area contributed by atoms with Gasteiger partial charge in [0.2, 0.25) is 0 Å². The lowest BCUT2D eigenvalue weighted by atomic mass is 10.1. The van der Waals surface area contributed by atoms with E-state index in [9.17, 15) is 14.7 Å². The van der Waals surface area contributed by atoms with Crippen molar-refractivity contribution in [1.29, 1.82) is 0 Å². The molecular formula is C11H12BrNO4. The van der Waals surface area contributed by atoms with Crippen LogP contribution in [0.25, 0.3) is 0 Å². The van der Waals surface area contributed by atoms with E-state index in [1.54, 1.807) is 24.3 Å². The highest BCUT2D eigenvalue weighted by Crippen LogP contribution is 2.15. The maximum Gasteiger partial charge on any atom is 0.337 e. The average Bonchev–Trinajstić information content (AvgIpc) is 2.26. The molecule has 0 aromatic heterocycles. The SMILES string of the molecule is CC(O)(CNC(=O)c1ccccc1Br)C(=O)O. The molecule has 0 aliphatic carbocycles. The topological polar surface area (TPSA) is 86.6 Å². The predicted octanol–water partition coefficient (Wildman–Crippen LogP) is 1.01. The number of carboxylic acids is 1. The Morgan fingerprint density at radius 3 is 2.53 bits per heavy atom. The second kappa shape index (κ2) is 5.29. The zero-order valence-corrected chi connectivity index (χ0v) is 10.7. The summed E-state index contributed by atoms with van der Waals surface area (Å²) in [5.41, 5.74) is -1.59. The van der Waals surface area contributed by atoms with E-state index in [2.05, 4.69) is 21.2 Å². The Kier molecular flexibility index (Phi) is 4.25. The van der Waals surface area contributed by atoms with Crippen LogP contribution in [0, 0.1) is 0 Å². The number of amides is 1. The number of carboxylic acid groups (broad SMARTS) is 1. The lowest BCUT2D eigenvalue weighted by Crippen LogP contribution is -2.46. The quantitative estimate of drug-likeness (QED) is 0.775. The summed E-state index contributed by atoms with van der Waals surface area (Å²) in [7, 11) is 0. The summed E-state index contributed by atoms with van der Waals surface area (Å²) in [6.07, 6.45) is 0. The van der Waals surface area contributed by atoms with Gasteiger partial charge in [0, 0.05) is 4.47 Å². The molecular weight excluding hydrogens is 290 g/mol. The van der Waals surface area contributed by atoms with Crippen molar-refractivity contribution in [2.75, 3.05) is 6.54 Å². The third-order valence-electron chi connectivity index (χ3n) is 2.17. The van der Waals surface area contributed by atoms with E-state index in [0.29, 0.717) is 10.0 Å². The van der Waals surface area contributed by atoms with Crippen LogP contribution in [-0.4, -0.2) is 34.2 Å². The highest BCUT2D eigenvalue weighted by atomic mass is 79.9. The Bertz CT molecular complexity index is 445. The molecule has 1 aromatic rings. The molecule has 1 atom stereocenters. The number of aliphatic hydroxyl groups is 1. The third-order valence-corrected chi connectivity index (χ3v) is 2.86. The van der Waals surface area contributed by atoms with Gasteiger partial charge < -0.3 is 15.5 Å². The van der Waals surface area contributed by atoms with Crippen molar-refractivity contribution in [3.63, 3.8) is 0 Å². The van der Waals surface area contributed by atoms with Crippen molar-refractivity contribution in [3.05, 3.63) is 34.3 Å². The summed E-state index contributed by atoms with van der Waals surface area (Å²) < 4.78 is 0.604. The average molecular weight is 302 g/mol. The number of hydrogen-bond acceptors (Lipinski definition) is 3. The molecule has 0 radical (unpaired) electrons. The number of rotatable bonds is 4. The van der Waals surface area contributed by atoms with Crippen molar-refractivity contribution in [2.45, 2.75) is 12.5 Å². The number of hydrogen-bond donors (Lipinski definition) is 3. The molecule has 0 bridgehead atoms. The summed E-state index contributed by atoms with van der Waals surface area (Å²) >= 11 is 3.21. The number of carbonyl (C=O) groups is 2. The second-order valence-electron chi connectivity index (χ2n) is 3.74. The maximum atomic E-state index is 11.7. The van der Waals surface area contributed by atoms with Crippen LogP contribution < -0.4 is 5.32 Å². The van der Waals surface area contributed by atoms with Gasteiger partial charge in [-0.2, -0.15) is 0 Å². The molecule has 0 saturated heterocycles. The monoisotopic (exact) mass is 301 g/mol. The van der Waals surface area contributed by atoms with Gasteiger partial charge in [-0.15, -0.1) is 0 Å². The van der Waals surface area contributed by atoms with Gasteiger partial charge in [0.1, 0.15) is 0 Å². The molecule has 1 aromatic carbocycles. The second-order valence-corrected chi connectivity index (χ2v) is 4.60. The van der Waals surface area contributed by atoms with E-state index >= 15 is 0 Å². The van der Waals surface area contributed by atoms with Crippen molar-refractivity contribution in [1.82, 2.24) is 5.32 Å². The fourth-order valence-corrected chi connectivity index (χ4v) is 1.53. The first-order valence-electron chi connectivity index (χ1n) is 4.83.